The van der Waals surface area contributed by atoms with Gasteiger partial charge in [0.2, 0.25) is 0 Å². The van der Waals surface area contributed by atoms with Crippen molar-refractivity contribution in [2.75, 3.05) is 0 Å². The maximum Gasteiger partial charge on any atom is 0.275 e. The van der Waals surface area contributed by atoms with Gasteiger partial charge in [0.15, 0.2) is 0 Å². The van der Waals surface area contributed by atoms with Crippen LogP contribution in [-0.4, -0.2) is 20.9 Å². The van der Waals surface area contributed by atoms with Crippen LogP contribution in [0.3, 0.4) is 0 Å². The Morgan fingerprint density at radius 1 is 1.43 bits per heavy atom. The van der Waals surface area contributed by atoms with Crippen molar-refractivity contribution in [2.45, 2.75) is 0 Å². The third kappa shape index (κ3) is 1.35. The van der Waals surface area contributed by atoms with Gasteiger partial charge >= 0.3 is 0 Å². The van der Waals surface area contributed by atoms with Crippen LogP contribution in [0, 0.1) is 0 Å². The van der Waals surface area contributed by atoms with Gasteiger partial charge in [0.25, 0.3) is 11.5 Å². The number of primary amides is 1. The van der Waals surface area contributed by atoms with Crippen LogP contribution in [0.1, 0.15) is 10.4 Å². The van der Waals surface area contributed by atoms with Crippen LogP contribution >= 0.6 is 12.4 Å². The molecule has 14 heavy (non-hydrogen) atoms. The minimum absolute atomic E-state index is 0. The highest BCUT2D eigenvalue weighted by Crippen LogP contribution is 2.09. The van der Waals surface area contributed by atoms with Crippen LogP contribution < -0.4 is 11.3 Å². The molecule has 0 radical (unpaired) electrons. The molecule has 74 valence electrons. The molecule has 0 unspecified atom stereocenters. The van der Waals surface area contributed by atoms with Crippen molar-refractivity contribution in [3.05, 3.63) is 28.4 Å². The molecule has 0 saturated heterocycles. The summed E-state index contributed by atoms with van der Waals surface area (Å²) in [5, 5.41) is 0. The Balaban J connectivity index is 0.000000980. The predicted octanol–water partition coefficient (Wildman–Crippen LogP) is -0.228. The van der Waals surface area contributed by atoms with Crippen molar-refractivity contribution < 1.29 is 4.79 Å². The third-order valence-corrected chi connectivity index (χ3v) is 1.73. The number of aromatic nitrogens is 3. The predicted molar refractivity (Wildman–Crippen MR) is 52.5 cm³/mol. The molecule has 4 N–H and O–H groups in total. The van der Waals surface area contributed by atoms with Gasteiger partial charge in [-0.15, -0.1) is 12.4 Å². The molecule has 6 nitrogen and oxygen atoms in total. The molecule has 0 aliphatic carbocycles. The van der Waals surface area contributed by atoms with Crippen LogP contribution in [-0.2, 0) is 0 Å². The zero-order valence-corrected chi connectivity index (χ0v) is 7.72. The van der Waals surface area contributed by atoms with Crippen molar-refractivity contribution in [3.63, 3.8) is 0 Å². The molecule has 2 aromatic rings. The second-order valence-electron chi connectivity index (χ2n) is 2.52. The minimum Gasteiger partial charge on any atom is -0.365 e. The van der Waals surface area contributed by atoms with Gasteiger partial charge in [-0.05, 0) is 0 Å². The largest absolute Gasteiger partial charge is 0.365 e. The molecule has 0 fully saturated rings. The van der Waals surface area contributed by atoms with E-state index < -0.39 is 5.91 Å². The zero-order valence-electron chi connectivity index (χ0n) is 6.90. The Morgan fingerprint density at radius 2 is 2.14 bits per heavy atom. The molecule has 0 aliphatic heterocycles. The van der Waals surface area contributed by atoms with E-state index >= 15 is 0 Å². The Hall–Kier alpha value is -1.82. The molecule has 0 bridgehead atoms. The van der Waals surface area contributed by atoms with Crippen molar-refractivity contribution in [2.24, 2.45) is 5.73 Å². The summed E-state index contributed by atoms with van der Waals surface area (Å²) >= 11 is 0. The fourth-order valence-electron chi connectivity index (χ4n) is 1.14. The highest BCUT2D eigenvalue weighted by molar-refractivity contribution is 6.03. The van der Waals surface area contributed by atoms with Crippen molar-refractivity contribution in [1.82, 2.24) is 15.0 Å². The van der Waals surface area contributed by atoms with Gasteiger partial charge in [0.1, 0.15) is 11.0 Å². The number of nitrogens with zero attached hydrogens (tertiary/aromatic N) is 1. The Labute approximate surface area is 83.9 Å². The Bertz CT molecular complexity index is 530. The lowest BCUT2D eigenvalue weighted by atomic mass is 10.3. The first-order valence-electron chi connectivity index (χ1n) is 3.54. The van der Waals surface area contributed by atoms with E-state index in [9.17, 15) is 9.59 Å². The number of carbonyl (C=O) groups is 1. The van der Waals surface area contributed by atoms with E-state index in [1.165, 1.54) is 12.5 Å². The molecule has 0 aromatic carbocycles. The number of halogens is 1. The summed E-state index contributed by atoms with van der Waals surface area (Å²) in [4.78, 5) is 30.8. The molecule has 2 heterocycles. The van der Waals surface area contributed by atoms with E-state index in [4.69, 9.17) is 5.73 Å². The lowest BCUT2D eigenvalue weighted by Gasteiger charge is -1.89. The number of rotatable bonds is 1. The van der Waals surface area contributed by atoms with Crippen molar-refractivity contribution in [3.8, 4) is 0 Å². The highest BCUT2D eigenvalue weighted by Gasteiger charge is 2.11. The zero-order chi connectivity index (χ0) is 9.42. The van der Waals surface area contributed by atoms with E-state index in [0.29, 0.717) is 5.52 Å². The number of amides is 1. The van der Waals surface area contributed by atoms with Gasteiger partial charge in [-0.3, -0.25) is 9.59 Å². The van der Waals surface area contributed by atoms with Gasteiger partial charge < -0.3 is 15.7 Å². The molecular formula is C7H7ClN4O2. The molecule has 7 heteroatoms. The molecule has 2 aromatic heterocycles. The average molecular weight is 215 g/mol. The first kappa shape index (κ1) is 10.3. The van der Waals surface area contributed by atoms with Crippen LogP contribution in [0.25, 0.3) is 11.0 Å². The van der Waals surface area contributed by atoms with Gasteiger partial charge in [0, 0.05) is 6.20 Å². The normalized spacial score (nSPS) is 9.71. The van der Waals surface area contributed by atoms with Crippen LogP contribution in [0.5, 0.6) is 0 Å². The van der Waals surface area contributed by atoms with Crippen LogP contribution in [0.4, 0.5) is 0 Å². The first-order valence-corrected chi connectivity index (χ1v) is 3.54. The van der Waals surface area contributed by atoms with E-state index in [2.05, 4.69) is 15.0 Å². The number of H-pyrrole nitrogens is 2. The van der Waals surface area contributed by atoms with E-state index in [0.717, 1.165) is 0 Å². The third-order valence-electron chi connectivity index (χ3n) is 1.73. The van der Waals surface area contributed by atoms with E-state index in [1.807, 2.05) is 0 Å². The Morgan fingerprint density at radius 3 is 2.79 bits per heavy atom. The Kier molecular flexibility index (Phi) is 2.57. The van der Waals surface area contributed by atoms with Crippen LogP contribution in [0.15, 0.2) is 17.3 Å². The molecular weight excluding hydrogens is 208 g/mol. The lowest BCUT2D eigenvalue weighted by Crippen LogP contribution is -2.11. The quantitative estimate of drug-likeness (QED) is 0.611. The van der Waals surface area contributed by atoms with Crippen molar-refractivity contribution in [1.29, 1.82) is 0 Å². The summed E-state index contributed by atoms with van der Waals surface area (Å²) in [6.07, 6.45) is 2.60. The smallest absolute Gasteiger partial charge is 0.275 e. The number of nitrogens with one attached hydrogen (secondary N) is 2. The number of nitrogens with two attached hydrogens (primary N) is 1. The topological polar surface area (TPSA) is 105 Å². The van der Waals surface area contributed by atoms with Crippen LogP contribution in [0.2, 0.25) is 0 Å². The standard InChI is InChI=1S/C7H6N4O2.ClH/c8-6(12)3-1-9-5-4(3)10-2-11-7(5)13;/h1-2,9H,(H2,8,12)(H,10,11,13);1H. The molecule has 0 saturated carbocycles. The monoisotopic (exact) mass is 214 g/mol. The van der Waals surface area contributed by atoms with Gasteiger partial charge in [-0.1, -0.05) is 0 Å². The second kappa shape index (κ2) is 3.51. The summed E-state index contributed by atoms with van der Waals surface area (Å²) in [6, 6.07) is 0. The summed E-state index contributed by atoms with van der Waals surface area (Å²) in [5.74, 6) is -0.607. The number of aromatic amines is 2. The average Bonchev–Trinajstić information content (AvgIpc) is 2.48. The summed E-state index contributed by atoms with van der Waals surface area (Å²) < 4.78 is 0. The minimum atomic E-state index is -0.607. The first-order chi connectivity index (χ1) is 6.20. The fourth-order valence-corrected chi connectivity index (χ4v) is 1.14. The molecule has 0 spiro atoms. The summed E-state index contributed by atoms with van der Waals surface area (Å²) in [6.45, 7) is 0. The number of carbonyl (C=O) groups excluding carboxylic acids is 1. The van der Waals surface area contributed by atoms with Gasteiger partial charge in [-0.25, -0.2) is 4.98 Å². The SMILES string of the molecule is Cl.NC(=O)c1c[nH]c2c(=O)[nH]cnc12. The maximum absolute atomic E-state index is 11.1. The van der Waals surface area contributed by atoms with E-state index in [-0.39, 0.29) is 29.0 Å². The number of hydrogen-bond donors (Lipinski definition) is 3. The van der Waals surface area contributed by atoms with Gasteiger partial charge in [0.05, 0.1) is 11.9 Å². The number of fused-ring (bicyclic) bond motifs is 1. The lowest BCUT2D eigenvalue weighted by molar-refractivity contribution is 0.100. The molecule has 1 amide bonds. The van der Waals surface area contributed by atoms with E-state index in [1.54, 1.807) is 0 Å². The molecule has 0 aliphatic rings. The summed E-state index contributed by atoms with van der Waals surface area (Å²) in [5.41, 5.74) is 5.53. The molecule has 0 atom stereocenters. The van der Waals surface area contributed by atoms with Crippen molar-refractivity contribution >= 4 is 29.3 Å². The molecule has 2 rings (SSSR count). The fraction of sp³-hybridized carbons (Fsp3) is 0. The maximum atomic E-state index is 11.1. The van der Waals surface area contributed by atoms with Gasteiger partial charge in [-0.2, -0.15) is 0 Å². The summed E-state index contributed by atoms with van der Waals surface area (Å²) in [7, 11) is 0. The number of hydrogen-bond acceptors (Lipinski definition) is 3. The second-order valence-corrected chi connectivity index (χ2v) is 2.52. The highest BCUT2D eigenvalue weighted by atomic mass is 35.5.